The molecule has 3 aromatic rings. The quantitative estimate of drug-likeness (QED) is 0.771. The summed E-state index contributed by atoms with van der Waals surface area (Å²) in [5, 5.41) is 4.49. The zero-order chi connectivity index (χ0) is 14.3. The molecule has 5 heteroatoms. The van der Waals surface area contributed by atoms with Crippen molar-refractivity contribution in [3.8, 4) is 5.69 Å². The maximum atomic E-state index is 12.8. The van der Waals surface area contributed by atoms with Crippen LogP contribution in [0.4, 0.5) is 0 Å². The zero-order valence-electron chi connectivity index (χ0n) is 11.4. The summed E-state index contributed by atoms with van der Waals surface area (Å²) in [4.78, 5) is 12.8. The maximum Gasteiger partial charge on any atom is 0.282 e. The molecule has 1 atom stereocenters. The van der Waals surface area contributed by atoms with Gasteiger partial charge in [-0.25, -0.2) is 4.52 Å². The van der Waals surface area contributed by atoms with E-state index in [1.54, 1.807) is 15.3 Å². The van der Waals surface area contributed by atoms with E-state index >= 15 is 0 Å². The van der Waals surface area contributed by atoms with Gasteiger partial charge in [-0.2, -0.15) is 5.10 Å². The minimum atomic E-state index is -0.338. The van der Waals surface area contributed by atoms with Crippen molar-refractivity contribution in [2.24, 2.45) is 5.73 Å². The normalized spacial score (nSPS) is 12.8. The van der Waals surface area contributed by atoms with Crippen LogP contribution in [-0.2, 0) is 0 Å². The van der Waals surface area contributed by atoms with Gasteiger partial charge in [0.1, 0.15) is 5.52 Å². The third-order valence-electron chi connectivity index (χ3n) is 3.33. The first-order chi connectivity index (χ1) is 9.59. The highest BCUT2D eigenvalue weighted by molar-refractivity contribution is 5.54. The molecule has 0 aliphatic heterocycles. The molecular formula is C15H16N4O. The Morgan fingerprint density at radius 2 is 1.90 bits per heavy atom. The SMILES string of the molecule is Cc1ccn2nc(C(C)N)n(-c3ccccc3)c(=O)c12. The second kappa shape index (κ2) is 4.61. The van der Waals surface area contributed by atoms with Gasteiger partial charge in [-0.3, -0.25) is 9.36 Å². The molecule has 0 spiro atoms. The van der Waals surface area contributed by atoms with Crippen molar-refractivity contribution in [2.75, 3.05) is 0 Å². The van der Waals surface area contributed by atoms with Crippen LogP contribution in [0.2, 0.25) is 0 Å². The summed E-state index contributed by atoms with van der Waals surface area (Å²) in [7, 11) is 0. The number of fused-ring (bicyclic) bond motifs is 1. The molecule has 2 aromatic heterocycles. The van der Waals surface area contributed by atoms with E-state index in [9.17, 15) is 4.79 Å². The topological polar surface area (TPSA) is 65.3 Å². The van der Waals surface area contributed by atoms with Gasteiger partial charge in [0.15, 0.2) is 5.82 Å². The fourth-order valence-corrected chi connectivity index (χ4v) is 2.35. The highest BCUT2D eigenvalue weighted by atomic mass is 16.1. The molecule has 0 aliphatic carbocycles. The predicted molar refractivity (Wildman–Crippen MR) is 78.1 cm³/mol. The number of aromatic nitrogens is 3. The number of benzene rings is 1. The molecular weight excluding hydrogens is 252 g/mol. The lowest BCUT2D eigenvalue weighted by Gasteiger charge is -2.15. The van der Waals surface area contributed by atoms with E-state index in [0.29, 0.717) is 11.3 Å². The molecule has 0 saturated heterocycles. The number of hydrogen-bond donors (Lipinski definition) is 1. The van der Waals surface area contributed by atoms with Crippen molar-refractivity contribution in [3.63, 3.8) is 0 Å². The number of hydrogen-bond acceptors (Lipinski definition) is 3. The summed E-state index contributed by atoms with van der Waals surface area (Å²) < 4.78 is 3.20. The van der Waals surface area contributed by atoms with Crippen LogP contribution < -0.4 is 11.3 Å². The van der Waals surface area contributed by atoms with Crippen molar-refractivity contribution < 1.29 is 0 Å². The zero-order valence-corrected chi connectivity index (χ0v) is 11.4. The van der Waals surface area contributed by atoms with Crippen molar-refractivity contribution in [1.82, 2.24) is 14.2 Å². The van der Waals surface area contributed by atoms with Gasteiger partial charge in [0.25, 0.3) is 5.56 Å². The molecule has 102 valence electrons. The van der Waals surface area contributed by atoms with Gasteiger partial charge in [0.05, 0.1) is 11.7 Å². The second-order valence-electron chi connectivity index (χ2n) is 4.91. The molecule has 1 aromatic carbocycles. The van der Waals surface area contributed by atoms with E-state index in [4.69, 9.17) is 5.73 Å². The third kappa shape index (κ3) is 1.83. The van der Waals surface area contributed by atoms with Crippen LogP contribution in [0.25, 0.3) is 11.2 Å². The Balaban J connectivity index is 2.45. The standard InChI is InChI=1S/C15H16N4O/c1-10-8-9-18-13(10)15(20)19(14(17-18)11(2)16)12-6-4-3-5-7-12/h3-9,11H,16H2,1-2H3. The fraction of sp³-hybridized carbons (Fsp3) is 0.200. The molecule has 2 N–H and O–H groups in total. The van der Waals surface area contributed by atoms with Crippen LogP contribution in [0.3, 0.4) is 0 Å². The average molecular weight is 268 g/mol. The summed E-state index contributed by atoms with van der Waals surface area (Å²) in [5.74, 6) is 0.546. The van der Waals surface area contributed by atoms with E-state index in [2.05, 4.69) is 5.10 Å². The van der Waals surface area contributed by atoms with Gasteiger partial charge in [0, 0.05) is 6.20 Å². The Hall–Kier alpha value is -2.40. The molecule has 0 fully saturated rings. The van der Waals surface area contributed by atoms with Crippen molar-refractivity contribution in [3.05, 3.63) is 64.3 Å². The van der Waals surface area contributed by atoms with Crippen molar-refractivity contribution >= 4 is 5.52 Å². The van der Waals surface area contributed by atoms with E-state index in [1.807, 2.05) is 50.2 Å². The Labute approximate surface area is 116 Å². The molecule has 0 aliphatic rings. The minimum absolute atomic E-state index is 0.0963. The van der Waals surface area contributed by atoms with E-state index < -0.39 is 0 Å². The molecule has 0 saturated carbocycles. The van der Waals surface area contributed by atoms with Crippen LogP contribution in [0.15, 0.2) is 47.4 Å². The fourth-order valence-electron chi connectivity index (χ4n) is 2.35. The highest BCUT2D eigenvalue weighted by Crippen LogP contribution is 2.14. The third-order valence-corrected chi connectivity index (χ3v) is 3.33. The largest absolute Gasteiger partial charge is 0.322 e. The Bertz CT molecular complexity index is 815. The maximum absolute atomic E-state index is 12.8. The van der Waals surface area contributed by atoms with Crippen LogP contribution in [0.1, 0.15) is 24.4 Å². The van der Waals surface area contributed by atoms with Crippen LogP contribution in [-0.4, -0.2) is 14.2 Å². The van der Waals surface area contributed by atoms with Gasteiger partial charge in [-0.1, -0.05) is 18.2 Å². The van der Waals surface area contributed by atoms with Crippen LogP contribution in [0, 0.1) is 6.92 Å². The molecule has 3 rings (SSSR count). The second-order valence-corrected chi connectivity index (χ2v) is 4.91. The number of para-hydroxylation sites is 1. The van der Waals surface area contributed by atoms with Crippen molar-refractivity contribution in [1.29, 1.82) is 0 Å². The van der Waals surface area contributed by atoms with Gasteiger partial charge in [0.2, 0.25) is 0 Å². The highest BCUT2D eigenvalue weighted by Gasteiger charge is 2.16. The van der Waals surface area contributed by atoms with Gasteiger partial charge < -0.3 is 5.73 Å². The Morgan fingerprint density at radius 1 is 1.20 bits per heavy atom. The van der Waals surface area contributed by atoms with Crippen LogP contribution in [0.5, 0.6) is 0 Å². The number of aryl methyl sites for hydroxylation is 1. The van der Waals surface area contributed by atoms with Crippen molar-refractivity contribution in [2.45, 2.75) is 19.9 Å². The Morgan fingerprint density at radius 3 is 2.55 bits per heavy atom. The van der Waals surface area contributed by atoms with E-state index in [0.717, 1.165) is 11.3 Å². The van der Waals surface area contributed by atoms with Gasteiger partial charge in [-0.05, 0) is 37.6 Å². The molecule has 0 amide bonds. The average Bonchev–Trinajstić information content (AvgIpc) is 2.81. The summed E-state index contributed by atoms with van der Waals surface area (Å²) in [5.41, 5.74) is 8.15. The number of nitrogens with two attached hydrogens (primary N) is 1. The summed E-state index contributed by atoms with van der Waals surface area (Å²) in [6.07, 6.45) is 1.78. The summed E-state index contributed by atoms with van der Waals surface area (Å²) in [6.45, 7) is 3.72. The number of rotatable bonds is 2. The van der Waals surface area contributed by atoms with E-state index in [-0.39, 0.29) is 11.6 Å². The lowest BCUT2D eigenvalue weighted by molar-refractivity contribution is 0.647. The smallest absolute Gasteiger partial charge is 0.282 e. The lowest BCUT2D eigenvalue weighted by Crippen LogP contribution is -2.29. The monoisotopic (exact) mass is 268 g/mol. The minimum Gasteiger partial charge on any atom is -0.322 e. The first kappa shape index (κ1) is 12.6. The summed E-state index contributed by atoms with van der Waals surface area (Å²) >= 11 is 0. The molecule has 0 bridgehead atoms. The van der Waals surface area contributed by atoms with E-state index in [1.165, 1.54) is 0 Å². The summed E-state index contributed by atoms with van der Waals surface area (Å²) in [6, 6.07) is 11.0. The van der Waals surface area contributed by atoms with Crippen LogP contribution >= 0.6 is 0 Å². The predicted octanol–water partition coefficient (Wildman–Crippen LogP) is 1.81. The molecule has 2 heterocycles. The molecule has 20 heavy (non-hydrogen) atoms. The lowest BCUT2D eigenvalue weighted by atomic mass is 10.2. The first-order valence-electron chi connectivity index (χ1n) is 6.51. The first-order valence-corrected chi connectivity index (χ1v) is 6.51. The number of nitrogens with zero attached hydrogens (tertiary/aromatic N) is 3. The molecule has 5 nitrogen and oxygen atoms in total. The molecule has 0 radical (unpaired) electrons. The van der Waals surface area contributed by atoms with Gasteiger partial charge >= 0.3 is 0 Å². The van der Waals surface area contributed by atoms with Gasteiger partial charge in [-0.15, -0.1) is 0 Å². The molecule has 1 unspecified atom stereocenters. The Kier molecular flexibility index (Phi) is 2.91.